The summed E-state index contributed by atoms with van der Waals surface area (Å²) < 4.78 is 7.44. The molecule has 7 heteroatoms. The largest absolute Gasteiger partial charge is 0.493 e. The highest BCUT2D eigenvalue weighted by atomic mass is 16.5. The summed E-state index contributed by atoms with van der Waals surface area (Å²) in [5.41, 5.74) is 1.65. The second-order valence-electron chi connectivity index (χ2n) is 5.57. The molecule has 0 spiro atoms. The number of ether oxygens (including phenoxy) is 1. The maximum Gasteiger partial charge on any atom is 0.326 e. The monoisotopic (exact) mass is 333 g/mol. The third kappa shape index (κ3) is 2.99. The first kappa shape index (κ1) is 15.1. The van der Waals surface area contributed by atoms with Gasteiger partial charge in [0.15, 0.2) is 5.75 Å². The van der Waals surface area contributed by atoms with Crippen LogP contribution in [-0.2, 0) is 0 Å². The van der Waals surface area contributed by atoms with Crippen molar-refractivity contribution in [3.63, 3.8) is 0 Å². The second-order valence-corrected chi connectivity index (χ2v) is 5.57. The van der Waals surface area contributed by atoms with Crippen molar-refractivity contribution >= 4 is 10.9 Å². The van der Waals surface area contributed by atoms with E-state index in [0.717, 1.165) is 5.56 Å². The maximum absolute atomic E-state index is 9.99. The average molecular weight is 333 g/mol. The molecule has 0 amide bonds. The zero-order valence-electron chi connectivity index (χ0n) is 13.4. The summed E-state index contributed by atoms with van der Waals surface area (Å²) >= 11 is 0. The molecule has 4 aromatic rings. The van der Waals surface area contributed by atoms with Crippen LogP contribution in [0.5, 0.6) is 17.6 Å². The molecular formula is C18H15N5O2. The lowest BCUT2D eigenvalue weighted by molar-refractivity contribution is 0.411. The normalized spacial score (nSPS) is 12.2. The van der Waals surface area contributed by atoms with Gasteiger partial charge in [0, 0.05) is 6.20 Å². The Balaban J connectivity index is 1.59. The molecule has 0 saturated carbocycles. The molecule has 0 radical (unpaired) electrons. The fourth-order valence-electron chi connectivity index (χ4n) is 2.56. The van der Waals surface area contributed by atoms with E-state index in [2.05, 4.69) is 27.0 Å². The highest BCUT2D eigenvalue weighted by Crippen LogP contribution is 2.26. The minimum atomic E-state index is -0.146. The zero-order valence-corrected chi connectivity index (χ0v) is 13.4. The number of aromatic hydroxyl groups is 1. The standard InChI is InChI=1S/C18H15N5O2/c1-12(13-5-3-2-4-6-13)23-11-14(9-20-23)25-18-21-16-10-19-8-7-15(16)17(24)22-18/h2-12H,1H3,(H,21,22,24)/t12-/m0/s1. The summed E-state index contributed by atoms with van der Waals surface area (Å²) in [5, 5.41) is 14.9. The van der Waals surface area contributed by atoms with Gasteiger partial charge in [-0.1, -0.05) is 30.3 Å². The van der Waals surface area contributed by atoms with Crippen molar-refractivity contribution < 1.29 is 9.84 Å². The Hall–Kier alpha value is -3.48. The van der Waals surface area contributed by atoms with Crippen LogP contribution in [0.4, 0.5) is 0 Å². The van der Waals surface area contributed by atoms with E-state index in [4.69, 9.17) is 4.74 Å². The van der Waals surface area contributed by atoms with Crippen LogP contribution in [0.3, 0.4) is 0 Å². The van der Waals surface area contributed by atoms with Gasteiger partial charge in [0.05, 0.1) is 35.5 Å². The van der Waals surface area contributed by atoms with Gasteiger partial charge in [-0.25, -0.2) is 0 Å². The Morgan fingerprint density at radius 1 is 1.08 bits per heavy atom. The Bertz CT molecular complexity index is 1020. The highest BCUT2D eigenvalue weighted by Gasteiger charge is 2.12. The molecule has 124 valence electrons. The van der Waals surface area contributed by atoms with E-state index in [1.807, 2.05) is 30.3 Å². The number of hydrogen-bond acceptors (Lipinski definition) is 6. The van der Waals surface area contributed by atoms with Crippen LogP contribution in [0, 0.1) is 0 Å². The lowest BCUT2D eigenvalue weighted by atomic mass is 10.1. The fourth-order valence-corrected chi connectivity index (χ4v) is 2.56. The van der Waals surface area contributed by atoms with Crippen molar-refractivity contribution in [2.45, 2.75) is 13.0 Å². The van der Waals surface area contributed by atoms with Gasteiger partial charge >= 0.3 is 6.01 Å². The summed E-state index contributed by atoms with van der Waals surface area (Å²) in [4.78, 5) is 12.2. The lowest BCUT2D eigenvalue weighted by Gasteiger charge is -2.11. The molecule has 0 bridgehead atoms. The van der Waals surface area contributed by atoms with Crippen molar-refractivity contribution in [1.29, 1.82) is 0 Å². The first-order chi connectivity index (χ1) is 12.2. The van der Waals surface area contributed by atoms with E-state index in [1.54, 1.807) is 35.5 Å². The molecule has 0 saturated heterocycles. The Morgan fingerprint density at radius 2 is 1.92 bits per heavy atom. The molecule has 0 aliphatic heterocycles. The van der Waals surface area contributed by atoms with Gasteiger partial charge in [0.25, 0.3) is 0 Å². The number of aromatic nitrogens is 5. The van der Waals surface area contributed by atoms with E-state index in [-0.39, 0.29) is 17.9 Å². The zero-order chi connectivity index (χ0) is 17.2. The number of fused-ring (bicyclic) bond motifs is 1. The van der Waals surface area contributed by atoms with E-state index < -0.39 is 0 Å². The molecule has 4 rings (SSSR count). The van der Waals surface area contributed by atoms with Gasteiger partial charge in [-0.15, -0.1) is 0 Å². The van der Waals surface area contributed by atoms with Crippen LogP contribution in [-0.4, -0.2) is 29.8 Å². The Labute approximate surface area is 143 Å². The molecule has 25 heavy (non-hydrogen) atoms. The van der Waals surface area contributed by atoms with E-state index >= 15 is 0 Å². The van der Waals surface area contributed by atoms with E-state index in [9.17, 15) is 5.11 Å². The van der Waals surface area contributed by atoms with Gasteiger partial charge in [-0.3, -0.25) is 9.67 Å². The fraction of sp³-hybridized carbons (Fsp3) is 0.111. The first-order valence-corrected chi connectivity index (χ1v) is 7.78. The van der Waals surface area contributed by atoms with Crippen molar-refractivity contribution in [1.82, 2.24) is 24.7 Å². The smallest absolute Gasteiger partial charge is 0.326 e. The molecule has 3 heterocycles. The molecule has 3 aromatic heterocycles. The van der Waals surface area contributed by atoms with Gasteiger partial charge < -0.3 is 9.84 Å². The van der Waals surface area contributed by atoms with Crippen LogP contribution in [0.15, 0.2) is 61.2 Å². The Morgan fingerprint density at radius 3 is 2.76 bits per heavy atom. The van der Waals surface area contributed by atoms with Crippen LogP contribution in [0.1, 0.15) is 18.5 Å². The third-order valence-electron chi connectivity index (χ3n) is 3.92. The highest BCUT2D eigenvalue weighted by molar-refractivity contribution is 5.82. The minimum Gasteiger partial charge on any atom is -0.493 e. The number of hydrogen-bond donors (Lipinski definition) is 1. The molecular weight excluding hydrogens is 318 g/mol. The molecule has 0 fully saturated rings. The van der Waals surface area contributed by atoms with Gasteiger partial charge in [0.2, 0.25) is 5.88 Å². The number of benzene rings is 1. The molecule has 0 aliphatic carbocycles. The third-order valence-corrected chi connectivity index (χ3v) is 3.92. The summed E-state index contributed by atoms with van der Waals surface area (Å²) in [6.45, 7) is 2.05. The number of nitrogens with zero attached hydrogens (tertiary/aromatic N) is 5. The van der Waals surface area contributed by atoms with Crippen molar-refractivity contribution in [2.75, 3.05) is 0 Å². The van der Waals surface area contributed by atoms with Gasteiger partial charge in [0.1, 0.15) is 0 Å². The number of pyridine rings is 1. The maximum atomic E-state index is 9.99. The van der Waals surface area contributed by atoms with E-state index in [1.165, 1.54) is 0 Å². The van der Waals surface area contributed by atoms with Crippen molar-refractivity contribution in [3.8, 4) is 17.6 Å². The van der Waals surface area contributed by atoms with Crippen LogP contribution >= 0.6 is 0 Å². The molecule has 0 aliphatic rings. The predicted octanol–water partition coefficient (Wildman–Crippen LogP) is 3.33. The van der Waals surface area contributed by atoms with Crippen LogP contribution < -0.4 is 4.74 Å². The first-order valence-electron chi connectivity index (χ1n) is 7.78. The lowest BCUT2D eigenvalue weighted by Crippen LogP contribution is -2.06. The van der Waals surface area contributed by atoms with Crippen LogP contribution in [0.25, 0.3) is 10.9 Å². The van der Waals surface area contributed by atoms with Crippen molar-refractivity contribution in [2.24, 2.45) is 0 Å². The summed E-state index contributed by atoms with van der Waals surface area (Å²) in [6.07, 6.45) is 6.48. The predicted molar refractivity (Wildman–Crippen MR) is 91.6 cm³/mol. The summed E-state index contributed by atoms with van der Waals surface area (Å²) in [7, 11) is 0. The molecule has 7 nitrogen and oxygen atoms in total. The molecule has 1 atom stereocenters. The van der Waals surface area contributed by atoms with Crippen LogP contribution in [0.2, 0.25) is 0 Å². The number of rotatable bonds is 4. The topological polar surface area (TPSA) is 86.0 Å². The van der Waals surface area contributed by atoms with E-state index in [0.29, 0.717) is 16.7 Å². The average Bonchev–Trinajstić information content (AvgIpc) is 3.10. The quantitative estimate of drug-likeness (QED) is 0.616. The van der Waals surface area contributed by atoms with Gasteiger partial charge in [-0.2, -0.15) is 15.1 Å². The molecule has 1 aromatic carbocycles. The minimum absolute atomic E-state index is 0.0462. The van der Waals surface area contributed by atoms with Gasteiger partial charge in [-0.05, 0) is 18.6 Å². The summed E-state index contributed by atoms with van der Waals surface area (Å²) in [6, 6.07) is 11.8. The molecule has 1 N–H and O–H groups in total. The SMILES string of the molecule is C[C@@H](c1ccccc1)n1cc(Oc2nc(O)c3ccncc3n2)cn1. The Kier molecular flexibility index (Phi) is 3.74. The molecule has 0 unspecified atom stereocenters. The van der Waals surface area contributed by atoms with Crippen molar-refractivity contribution in [3.05, 3.63) is 66.7 Å². The second kappa shape index (κ2) is 6.20. The summed E-state index contributed by atoms with van der Waals surface area (Å²) in [5.74, 6) is 0.345.